The Balaban J connectivity index is 2.31. The third-order valence-corrected chi connectivity index (χ3v) is 4.83. The highest BCUT2D eigenvalue weighted by Crippen LogP contribution is 2.33. The quantitative estimate of drug-likeness (QED) is 0.922. The summed E-state index contributed by atoms with van der Waals surface area (Å²) in [5.41, 5.74) is 8.46. The summed E-state index contributed by atoms with van der Waals surface area (Å²) in [4.78, 5) is 3.54. The number of benzene rings is 1. The van der Waals surface area contributed by atoms with Gasteiger partial charge in [0.25, 0.3) is 0 Å². The molecule has 0 bridgehead atoms. The smallest absolute Gasteiger partial charge is 0.0754 e. The summed E-state index contributed by atoms with van der Waals surface area (Å²) in [6.07, 6.45) is 0. The number of likely N-dealkylation sites (N-methyl/N-ethyl adjacent to an activating group) is 1. The fourth-order valence-electron chi connectivity index (χ4n) is 2.10. The van der Waals surface area contributed by atoms with Crippen molar-refractivity contribution in [3.8, 4) is 0 Å². The molecule has 1 unspecified atom stereocenters. The molecule has 18 heavy (non-hydrogen) atoms. The molecule has 1 aromatic carbocycles. The first-order valence-electron chi connectivity index (χ1n) is 5.87. The normalized spacial score (nSPS) is 12.4. The number of para-hydroxylation sites is 1. The van der Waals surface area contributed by atoms with E-state index in [1.54, 1.807) is 11.3 Å². The molecule has 0 saturated carbocycles. The molecule has 1 atom stereocenters. The first-order chi connectivity index (χ1) is 8.63. The van der Waals surface area contributed by atoms with Crippen molar-refractivity contribution in [2.45, 2.75) is 13.0 Å². The number of halogens is 1. The predicted octanol–water partition coefficient (Wildman–Crippen LogP) is 3.96. The van der Waals surface area contributed by atoms with Crippen LogP contribution in [0.3, 0.4) is 0 Å². The van der Waals surface area contributed by atoms with Crippen LogP contribution in [0.25, 0.3) is 0 Å². The van der Waals surface area contributed by atoms with Gasteiger partial charge < -0.3 is 10.6 Å². The highest BCUT2D eigenvalue weighted by molar-refractivity contribution is 9.11. The number of hydrogen-bond acceptors (Lipinski definition) is 3. The van der Waals surface area contributed by atoms with Crippen molar-refractivity contribution in [2.75, 3.05) is 18.5 Å². The second kappa shape index (κ2) is 5.87. The van der Waals surface area contributed by atoms with Crippen molar-refractivity contribution in [3.63, 3.8) is 0 Å². The second-order valence-corrected chi connectivity index (χ2v) is 6.79. The third-order valence-electron chi connectivity index (χ3n) is 3.11. The zero-order valence-corrected chi connectivity index (χ0v) is 13.0. The molecule has 0 radical (unpaired) electrons. The minimum absolute atomic E-state index is 0.224. The molecule has 1 heterocycles. The molecule has 2 nitrogen and oxygen atoms in total. The van der Waals surface area contributed by atoms with Crippen LogP contribution in [-0.2, 0) is 0 Å². The summed E-state index contributed by atoms with van der Waals surface area (Å²) in [6.45, 7) is 2.74. The van der Waals surface area contributed by atoms with Crippen LogP contribution in [0.2, 0.25) is 0 Å². The Labute approximate surface area is 121 Å². The first-order valence-corrected chi connectivity index (χ1v) is 7.48. The van der Waals surface area contributed by atoms with E-state index in [4.69, 9.17) is 5.73 Å². The van der Waals surface area contributed by atoms with Crippen LogP contribution in [0.15, 0.2) is 40.2 Å². The van der Waals surface area contributed by atoms with Crippen molar-refractivity contribution in [2.24, 2.45) is 5.73 Å². The van der Waals surface area contributed by atoms with Gasteiger partial charge in [-0.2, -0.15) is 0 Å². The average Bonchev–Trinajstić information content (AvgIpc) is 2.77. The lowest BCUT2D eigenvalue weighted by Crippen LogP contribution is -2.30. The first kappa shape index (κ1) is 13.6. The molecule has 0 aliphatic rings. The Kier molecular flexibility index (Phi) is 4.43. The topological polar surface area (TPSA) is 29.3 Å². The van der Waals surface area contributed by atoms with Gasteiger partial charge in [-0.05, 0) is 46.6 Å². The average molecular weight is 325 g/mol. The Hall–Kier alpha value is -0.840. The maximum Gasteiger partial charge on any atom is 0.0754 e. The summed E-state index contributed by atoms with van der Waals surface area (Å²) in [5.74, 6) is 0. The minimum Gasteiger partial charge on any atom is -0.365 e. The number of nitrogens with zero attached hydrogens (tertiary/aromatic N) is 1. The van der Waals surface area contributed by atoms with E-state index in [2.05, 4.69) is 71.2 Å². The second-order valence-electron chi connectivity index (χ2n) is 4.29. The molecular formula is C14H17BrN2S. The van der Waals surface area contributed by atoms with Crippen molar-refractivity contribution < 1.29 is 0 Å². The largest absolute Gasteiger partial charge is 0.365 e. The Bertz CT molecular complexity index is 524. The van der Waals surface area contributed by atoms with Gasteiger partial charge in [-0.15, -0.1) is 11.3 Å². The molecule has 2 rings (SSSR count). The van der Waals surface area contributed by atoms with Crippen molar-refractivity contribution >= 4 is 33.0 Å². The van der Waals surface area contributed by atoms with E-state index in [-0.39, 0.29) is 6.04 Å². The van der Waals surface area contributed by atoms with Gasteiger partial charge in [0.1, 0.15) is 0 Å². The number of anilines is 1. The van der Waals surface area contributed by atoms with Gasteiger partial charge in [0.15, 0.2) is 0 Å². The highest BCUT2D eigenvalue weighted by Gasteiger charge is 2.18. The maximum atomic E-state index is 5.95. The number of hydrogen-bond donors (Lipinski definition) is 1. The van der Waals surface area contributed by atoms with E-state index < -0.39 is 0 Å². The van der Waals surface area contributed by atoms with Gasteiger partial charge in [-0.3, -0.25) is 0 Å². The predicted molar refractivity (Wildman–Crippen MR) is 83.4 cm³/mol. The Morgan fingerprint density at radius 2 is 2.00 bits per heavy atom. The molecule has 0 aliphatic carbocycles. The maximum absolute atomic E-state index is 5.95. The van der Waals surface area contributed by atoms with Crippen LogP contribution in [0.1, 0.15) is 16.5 Å². The third kappa shape index (κ3) is 2.76. The molecular weight excluding hydrogens is 308 g/mol. The highest BCUT2D eigenvalue weighted by atomic mass is 79.9. The summed E-state index contributed by atoms with van der Waals surface area (Å²) in [7, 11) is 2.10. The Morgan fingerprint density at radius 3 is 2.56 bits per heavy atom. The van der Waals surface area contributed by atoms with E-state index in [9.17, 15) is 0 Å². The monoisotopic (exact) mass is 324 g/mol. The van der Waals surface area contributed by atoms with Gasteiger partial charge in [0.05, 0.1) is 9.83 Å². The Morgan fingerprint density at radius 1 is 1.28 bits per heavy atom. The summed E-state index contributed by atoms with van der Waals surface area (Å²) in [5, 5.41) is 0. The molecule has 2 N–H and O–H groups in total. The number of thiophene rings is 1. The molecule has 0 aliphatic heterocycles. The molecule has 0 fully saturated rings. The van der Waals surface area contributed by atoms with E-state index in [1.165, 1.54) is 16.1 Å². The summed E-state index contributed by atoms with van der Waals surface area (Å²) < 4.78 is 1.15. The van der Waals surface area contributed by atoms with Crippen LogP contribution in [-0.4, -0.2) is 13.6 Å². The molecule has 0 saturated heterocycles. The zero-order valence-electron chi connectivity index (χ0n) is 10.6. The molecule has 4 heteroatoms. The summed E-state index contributed by atoms with van der Waals surface area (Å²) in [6, 6.07) is 12.8. The summed E-state index contributed by atoms with van der Waals surface area (Å²) >= 11 is 5.25. The van der Waals surface area contributed by atoms with Gasteiger partial charge in [0, 0.05) is 24.2 Å². The lowest BCUT2D eigenvalue weighted by atomic mass is 10.1. The van der Waals surface area contributed by atoms with Crippen molar-refractivity contribution in [3.05, 3.63) is 50.6 Å². The van der Waals surface area contributed by atoms with E-state index in [0.717, 1.165) is 3.79 Å². The van der Waals surface area contributed by atoms with Crippen LogP contribution < -0.4 is 10.6 Å². The van der Waals surface area contributed by atoms with E-state index >= 15 is 0 Å². The SMILES string of the molecule is Cc1ccccc1N(C)C(CN)c1ccc(Br)s1. The fraction of sp³-hybridized carbons (Fsp3) is 0.286. The van der Waals surface area contributed by atoms with Crippen LogP contribution in [0.4, 0.5) is 5.69 Å². The van der Waals surface area contributed by atoms with Crippen molar-refractivity contribution in [1.29, 1.82) is 0 Å². The number of nitrogens with two attached hydrogens (primary N) is 1. The molecule has 1 aromatic heterocycles. The number of rotatable bonds is 4. The van der Waals surface area contributed by atoms with Crippen LogP contribution >= 0.6 is 27.3 Å². The van der Waals surface area contributed by atoms with Gasteiger partial charge in [-0.25, -0.2) is 0 Å². The standard InChI is InChI=1S/C14H17BrN2S/c1-10-5-3-4-6-11(10)17(2)12(9-16)13-7-8-14(15)18-13/h3-8,12H,9,16H2,1-2H3. The molecule has 96 valence electrons. The molecule has 0 spiro atoms. The van der Waals surface area contributed by atoms with Gasteiger partial charge >= 0.3 is 0 Å². The van der Waals surface area contributed by atoms with Crippen LogP contribution in [0, 0.1) is 6.92 Å². The van der Waals surface area contributed by atoms with Gasteiger partial charge in [-0.1, -0.05) is 18.2 Å². The van der Waals surface area contributed by atoms with E-state index in [1.807, 2.05) is 0 Å². The number of aryl methyl sites for hydroxylation is 1. The minimum atomic E-state index is 0.224. The molecule has 0 amide bonds. The fourth-order valence-corrected chi connectivity index (χ4v) is 3.68. The zero-order chi connectivity index (χ0) is 13.1. The lowest BCUT2D eigenvalue weighted by Gasteiger charge is -2.29. The van der Waals surface area contributed by atoms with Crippen molar-refractivity contribution in [1.82, 2.24) is 0 Å². The van der Waals surface area contributed by atoms with Gasteiger partial charge in [0.2, 0.25) is 0 Å². The lowest BCUT2D eigenvalue weighted by molar-refractivity contribution is 0.691. The van der Waals surface area contributed by atoms with Crippen LogP contribution in [0.5, 0.6) is 0 Å². The van der Waals surface area contributed by atoms with E-state index in [0.29, 0.717) is 6.54 Å². The molecule has 2 aromatic rings.